The first kappa shape index (κ1) is 12.0. The molecule has 0 aromatic carbocycles. The van der Waals surface area contributed by atoms with Crippen molar-refractivity contribution in [3.8, 4) is 11.1 Å². The van der Waals surface area contributed by atoms with Crippen LogP contribution in [0.15, 0.2) is 24.4 Å². The number of aromatic nitrogens is 2. The molecule has 2 amide bonds. The topological polar surface area (TPSA) is 101 Å². The van der Waals surface area contributed by atoms with Gasteiger partial charge in [-0.3, -0.25) is 5.10 Å². The van der Waals surface area contributed by atoms with Crippen LogP contribution in [0.25, 0.3) is 11.1 Å². The lowest BCUT2D eigenvalue weighted by molar-refractivity contribution is 0.0804. The van der Waals surface area contributed by atoms with E-state index in [4.69, 9.17) is 11.5 Å². The second-order valence-electron chi connectivity index (χ2n) is 5.00. The highest BCUT2D eigenvalue weighted by Gasteiger charge is 2.42. The average molecular weight is 259 g/mol. The molecule has 3 aliphatic rings. The van der Waals surface area contributed by atoms with Gasteiger partial charge in [0.15, 0.2) is 0 Å². The number of carbonyl (C=O) groups is 1. The number of carbonyl (C=O) groups excluding carboxylic acids is 1. The zero-order valence-electron chi connectivity index (χ0n) is 10.6. The summed E-state index contributed by atoms with van der Waals surface area (Å²) in [6, 6.07) is 5.41. The first-order chi connectivity index (χ1) is 9.13. The van der Waals surface area contributed by atoms with Gasteiger partial charge in [-0.15, -0.1) is 0 Å². The summed E-state index contributed by atoms with van der Waals surface area (Å²) < 4.78 is 0. The molecular weight excluding hydrogens is 242 g/mol. The molecule has 100 valence electrons. The number of amides is 2. The molecule has 2 aliphatic heterocycles. The SMILES string of the molecule is NC(=O)N1CCCCC1(N)c1n[nH]cc2cccc1-2. The maximum absolute atomic E-state index is 11.6. The third-order valence-electron chi connectivity index (χ3n) is 3.85. The second-order valence-corrected chi connectivity index (χ2v) is 5.00. The third kappa shape index (κ3) is 1.76. The van der Waals surface area contributed by atoms with Gasteiger partial charge in [-0.2, -0.15) is 5.10 Å². The quantitative estimate of drug-likeness (QED) is 0.717. The largest absolute Gasteiger partial charge is 0.351 e. The van der Waals surface area contributed by atoms with E-state index in [1.807, 2.05) is 24.4 Å². The van der Waals surface area contributed by atoms with Crippen LogP contribution in [0.1, 0.15) is 25.0 Å². The second kappa shape index (κ2) is 4.24. The Hall–Kier alpha value is -2.08. The Kier molecular flexibility index (Phi) is 2.67. The summed E-state index contributed by atoms with van der Waals surface area (Å²) in [5.41, 5.74) is 13.7. The molecule has 1 fully saturated rings. The van der Waals surface area contributed by atoms with E-state index >= 15 is 0 Å². The number of hydrogen-bond acceptors (Lipinski definition) is 3. The normalized spacial score (nSPS) is 23.7. The maximum atomic E-state index is 11.6. The van der Waals surface area contributed by atoms with E-state index in [-0.39, 0.29) is 0 Å². The molecule has 0 saturated carbocycles. The van der Waals surface area contributed by atoms with Gasteiger partial charge in [0.25, 0.3) is 0 Å². The smallest absolute Gasteiger partial charge is 0.316 e. The minimum atomic E-state index is -0.922. The summed E-state index contributed by atoms with van der Waals surface area (Å²) >= 11 is 0. The molecular formula is C13H17N5O. The van der Waals surface area contributed by atoms with Gasteiger partial charge in [0.05, 0.1) is 0 Å². The summed E-state index contributed by atoms with van der Waals surface area (Å²) in [7, 11) is 0. The van der Waals surface area contributed by atoms with Crippen LogP contribution in [0, 0.1) is 0 Å². The van der Waals surface area contributed by atoms with E-state index in [0.717, 1.165) is 24.0 Å². The van der Waals surface area contributed by atoms with Gasteiger partial charge in [-0.1, -0.05) is 18.2 Å². The zero-order chi connectivity index (χ0) is 13.5. The van der Waals surface area contributed by atoms with Crippen LogP contribution in [0.4, 0.5) is 4.79 Å². The highest BCUT2D eigenvalue weighted by atomic mass is 16.2. The predicted molar refractivity (Wildman–Crippen MR) is 71.2 cm³/mol. The summed E-state index contributed by atoms with van der Waals surface area (Å²) in [6.45, 7) is 0.574. The van der Waals surface area contributed by atoms with Crippen LogP contribution in [-0.4, -0.2) is 27.7 Å². The number of aromatic amines is 1. The standard InChI is InChI=1S/C13H17N5O/c14-12(19)18-7-2-1-6-13(18,15)11-10-5-3-4-9(10)8-16-17-11/h3-5,8,16H,1-2,6-7,15H2,(H2,14,19). The van der Waals surface area contributed by atoms with Crippen LogP contribution in [0.2, 0.25) is 0 Å². The predicted octanol–water partition coefficient (Wildman–Crippen LogP) is 1.19. The third-order valence-corrected chi connectivity index (χ3v) is 3.85. The molecule has 0 aromatic heterocycles. The van der Waals surface area contributed by atoms with Gasteiger partial charge in [-0.25, -0.2) is 4.79 Å². The van der Waals surface area contributed by atoms with Gasteiger partial charge in [0.2, 0.25) is 0 Å². The van der Waals surface area contributed by atoms with Crippen LogP contribution in [-0.2, 0) is 5.66 Å². The number of fused-ring (bicyclic) bond motifs is 1. The average Bonchev–Trinajstić information content (AvgIpc) is 2.86. The number of nitrogens with one attached hydrogen (secondary N) is 1. The van der Waals surface area contributed by atoms with Crippen molar-refractivity contribution in [3.05, 3.63) is 30.1 Å². The Morgan fingerprint density at radius 3 is 3.05 bits per heavy atom. The van der Waals surface area contributed by atoms with Gasteiger partial charge in [0, 0.05) is 23.9 Å². The number of piperidine rings is 1. The van der Waals surface area contributed by atoms with Crippen LogP contribution < -0.4 is 11.5 Å². The lowest BCUT2D eigenvalue weighted by Gasteiger charge is -2.43. The number of nitrogens with zero attached hydrogens (tertiary/aromatic N) is 2. The minimum Gasteiger partial charge on any atom is -0.351 e. The Labute approximate surface area is 111 Å². The summed E-state index contributed by atoms with van der Waals surface area (Å²) in [5.74, 6) is 0. The number of hydrogen-bond donors (Lipinski definition) is 3. The fourth-order valence-corrected chi connectivity index (χ4v) is 2.88. The molecule has 0 aromatic rings. The van der Waals surface area contributed by atoms with Crippen molar-refractivity contribution in [1.82, 2.24) is 15.1 Å². The van der Waals surface area contributed by atoms with Gasteiger partial charge < -0.3 is 16.4 Å². The van der Waals surface area contributed by atoms with Crippen molar-refractivity contribution < 1.29 is 4.79 Å². The van der Waals surface area contributed by atoms with Crippen molar-refractivity contribution in [2.45, 2.75) is 24.9 Å². The van der Waals surface area contributed by atoms with E-state index in [9.17, 15) is 4.79 Å². The van der Waals surface area contributed by atoms with Crippen LogP contribution >= 0.6 is 0 Å². The van der Waals surface area contributed by atoms with Crippen molar-refractivity contribution >= 4 is 6.03 Å². The highest BCUT2D eigenvalue weighted by Crippen LogP contribution is 2.37. The molecule has 3 rings (SSSR count). The number of rotatable bonds is 1. The van der Waals surface area contributed by atoms with Crippen LogP contribution in [0.3, 0.4) is 0 Å². The number of primary amides is 1. The van der Waals surface area contributed by atoms with Gasteiger partial charge >= 0.3 is 6.03 Å². The molecule has 5 N–H and O–H groups in total. The van der Waals surface area contributed by atoms with E-state index in [1.54, 1.807) is 0 Å². The molecule has 6 nitrogen and oxygen atoms in total. The van der Waals surface area contributed by atoms with Crippen molar-refractivity contribution in [1.29, 1.82) is 0 Å². The summed E-state index contributed by atoms with van der Waals surface area (Å²) in [6.07, 6.45) is 4.36. The Morgan fingerprint density at radius 2 is 2.26 bits per heavy atom. The highest BCUT2D eigenvalue weighted by molar-refractivity contribution is 5.75. The molecule has 2 heterocycles. The minimum absolute atomic E-state index is 0.493. The van der Waals surface area contributed by atoms with E-state index in [2.05, 4.69) is 10.2 Å². The Bertz CT molecular complexity index is 580. The molecule has 0 radical (unpaired) electrons. The number of likely N-dealkylation sites (tertiary alicyclic amines) is 1. The fourth-order valence-electron chi connectivity index (χ4n) is 2.88. The monoisotopic (exact) mass is 259 g/mol. The molecule has 1 saturated heterocycles. The molecule has 0 bridgehead atoms. The Balaban J connectivity index is 2.12. The molecule has 19 heavy (non-hydrogen) atoms. The molecule has 1 unspecified atom stereocenters. The molecule has 1 aliphatic carbocycles. The number of urea groups is 1. The summed E-state index contributed by atoms with van der Waals surface area (Å²) in [5, 5.41) is 7.17. The lowest BCUT2D eigenvalue weighted by Crippen LogP contribution is -2.60. The first-order valence-corrected chi connectivity index (χ1v) is 6.42. The summed E-state index contributed by atoms with van der Waals surface area (Å²) in [4.78, 5) is 13.2. The Morgan fingerprint density at radius 1 is 1.42 bits per heavy atom. The van der Waals surface area contributed by atoms with Gasteiger partial charge in [0.1, 0.15) is 11.4 Å². The van der Waals surface area contributed by atoms with E-state index in [0.29, 0.717) is 18.7 Å². The maximum Gasteiger partial charge on any atom is 0.316 e. The molecule has 0 spiro atoms. The van der Waals surface area contributed by atoms with Gasteiger partial charge in [-0.05, 0) is 19.3 Å². The molecule has 1 atom stereocenters. The zero-order valence-corrected chi connectivity index (χ0v) is 10.6. The van der Waals surface area contributed by atoms with Crippen molar-refractivity contribution in [3.63, 3.8) is 0 Å². The van der Waals surface area contributed by atoms with Crippen molar-refractivity contribution in [2.24, 2.45) is 11.5 Å². The molecule has 6 heteroatoms. The van der Waals surface area contributed by atoms with E-state index < -0.39 is 11.7 Å². The van der Waals surface area contributed by atoms with Crippen LogP contribution in [0.5, 0.6) is 0 Å². The van der Waals surface area contributed by atoms with E-state index in [1.165, 1.54) is 4.90 Å². The first-order valence-electron chi connectivity index (χ1n) is 6.42. The fraction of sp³-hybridized carbons (Fsp3) is 0.385. The lowest BCUT2D eigenvalue weighted by atomic mass is 9.89. The number of H-pyrrole nitrogens is 1. The van der Waals surface area contributed by atoms with Crippen molar-refractivity contribution in [2.75, 3.05) is 6.54 Å². The number of nitrogens with two attached hydrogens (primary N) is 2.